The summed E-state index contributed by atoms with van der Waals surface area (Å²) in [6.45, 7) is 3.89. The van der Waals surface area contributed by atoms with E-state index in [1.807, 2.05) is 25.1 Å². The Balaban J connectivity index is 1.88. The Kier molecular flexibility index (Phi) is 3.50. The van der Waals surface area contributed by atoms with E-state index < -0.39 is 0 Å². The van der Waals surface area contributed by atoms with Crippen molar-refractivity contribution >= 4 is 17.5 Å². The van der Waals surface area contributed by atoms with Crippen LogP contribution in [0.1, 0.15) is 35.2 Å². The maximum atomic E-state index is 12.7. The van der Waals surface area contributed by atoms with E-state index in [9.17, 15) is 4.79 Å². The topological polar surface area (TPSA) is 32.3 Å². The van der Waals surface area contributed by atoms with Crippen molar-refractivity contribution in [1.29, 1.82) is 0 Å². The number of carbonyl (C=O) groups excluding carboxylic acids is 1. The molecule has 19 heavy (non-hydrogen) atoms. The number of nitrogens with one attached hydrogen (secondary N) is 1. The van der Waals surface area contributed by atoms with Crippen molar-refractivity contribution in [3.8, 4) is 0 Å². The number of nitrogens with zero attached hydrogens (tertiary/aromatic N) is 1. The van der Waals surface area contributed by atoms with Gasteiger partial charge in [0, 0.05) is 29.2 Å². The number of benzene rings is 1. The van der Waals surface area contributed by atoms with Crippen molar-refractivity contribution in [3.63, 3.8) is 0 Å². The standard InChI is InChI=1S/C15H19ClN2O/c1-10-8-11(2-5-14(10)16)15(19)18-12-3-4-13(18)9-17-7-6-12/h2,5,8,12-13,17H,3-4,6-7,9H2,1H3. The summed E-state index contributed by atoms with van der Waals surface area (Å²) in [6, 6.07) is 6.33. The largest absolute Gasteiger partial charge is 0.331 e. The Bertz CT molecular complexity index is 489. The monoisotopic (exact) mass is 278 g/mol. The summed E-state index contributed by atoms with van der Waals surface area (Å²) in [6.07, 6.45) is 3.33. The normalized spacial score (nSPS) is 26.3. The summed E-state index contributed by atoms with van der Waals surface area (Å²) >= 11 is 6.03. The second-order valence-corrected chi connectivity index (χ2v) is 5.96. The molecule has 1 amide bonds. The molecule has 2 unspecified atom stereocenters. The average Bonchev–Trinajstić information content (AvgIpc) is 2.65. The number of hydrogen-bond acceptors (Lipinski definition) is 2. The Morgan fingerprint density at radius 1 is 1.32 bits per heavy atom. The van der Waals surface area contributed by atoms with Crippen molar-refractivity contribution in [2.75, 3.05) is 13.1 Å². The lowest BCUT2D eigenvalue weighted by Crippen LogP contribution is -2.42. The summed E-state index contributed by atoms with van der Waals surface area (Å²) in [5.41, 5.74) is 1.73. The maximum Gasteiger partial charge on any atom is 0.254 e. The number of aryl methyl sites for hydroxylation is 1. The van der Waals surface area contributed by atoms with E-state index >= 15 is 0 Å². The van der Waals surface area contributed by atoms with Crippen LogP contribution in [-0.2, 0) is 0 Å². The predicted molar refractivity (Wildman–Crippen MR) is 76.7 cm³/mol. The fourth-order valence-corrected chi connectivity index (χ4v) is 3.36. The lowest BCUT2D eigenvalue weighted by Gasteiger charge is -2.28. The molecule has 2 aliphatic heterocycles. The number of rotatable bonds is 1. The molecule has 2 saturated heterocycles. The molecule has 2 heterocycles. The first-order valence-corrected chi connectivity index (χ1v) is 7.34. The molecule has 0 aliphatic carbocycles. The minimum atomic E-state index is 0.163. The molecule has 1 aromatic carbocycles. The van der Waals surface area contributed by atoms with Crippen LogP contribution in [0.4, 0.5) is 0 Å². The van der Waals surface area contributed by atoms with Crippen LogP contribution in [-0.4, -0.2) is 36.0 Å². The van der Waals surface area contributed by atoms with Crippen molar-refractivity contribution in [2.45, 2.75) is 38.3 Å². The lowest BCUT2D eigenvalue weighted by molar-refractivity contribution is 0.0680. The van der Waals surface area contributed by atoms with E-state index in [4.69, 9.17) is 11.6 Å². The van der Waals surface area contributed by atoms with Gasteiger partial charge in [-0.25, -0.2) is 0 Å². The number of amides is 1. The molecule has 0 radical (unpaired) electrons. The highest BCUT2D eigenvalue weighted by atomic mass is 35.5. The third kappa shape index (κ3) is 2.37. The molecule has 3 rings (SSSR count). The molecule has 1 aromatic rings. The highest BCUT2D eigenvalue weighted by Crippen LogP contribution is 2.30. The fourth-order valence-electron chi connectivity index (χ4n) is 3.24. The number of carbonyl (C=O) groups is 1. The van der Waals surface area contributed by atoms with Gasteiger partial charge in [-0.1, -0.05) is 11.6 Å². The average molecular weight is 279 g/mol. The number of halogens is 1. The highest BCUT2D eigenvalue weighted by molar-refractivity contribution is 6.31. The molecule has 0 spiro atoms. The van der Waals surface area contributed by atoms with Gasteiger partial charge in [0.2, 0.25) is 0 Å². The SMILES string of the molecule is Cc1cc(C(=O)N2C3CCNCC2CC3)ccc1Cl. The van der Waals surface area contributed by atoms with Gasteiger partial charge in [-0.15, -0.1) is 0 Å². The summed E-state index contributed by atoms with van der Waals surface area (Å²) in [4.78, 5) is 14.8. The Morgan fingerprint density at radius 2 is 2.11 bits per heavy atom. The van der Waals surface area contributed by atoms with Crippen LogP contribution in [0.15, 0.2) is 18.2 Å². The molecule has 2 aliphatic rings. The van der Waals surface area contributed by atoms with E-state index in [2.05, 4.69) is 10.2 Å². The number of fused-ring (bicyclic) bond motifs is 2. The van der Waals surface area contributed by atoms with Gasteiger partial charge < -0.3 is 10.2 Å². The van der Waals surface area contributed by atoms with Crippen LogP contribution in [0.2, 0.25) is 5.02 Å². The van der Waals surface area contributed by atoms with Crippen molar-refractivity contribution in [3.05, 3.63) is 34.3 Å². The second kappa shape index (κ2) is 5.14. The van der Waals surface area contributed by atoms with E-state index in [1.165, 1.54) is 0 Å². The van der Waals surface area contributed by atoms with Gasteiger partial charge >= 0.3 is 0 Å². The molecule has 2 fully saturated rings. The predicted octanol–water partition coefficient (Wildman–Crippen LogP) is 2.61. The van der Waals surface area contributed by atoms with Gasteiger partial charge in [-0.2, -0.15) is 0 Å². The smallest absolute Gasteiger partial charge is 0.254 e. The van der Waals surface area contributed by atoms with Gasteiger partial charge in [-0.05, 0) is 56.5 Å². The number of hydrogen-bond donors (Lipinski definition) is 1. The first kappa shape index (κ1) is 12.9. The molecule has 4 heteroatoms. The lowest BCUT2D eigenvalue weighted by atomic mass is 10.1. The quantitative estimate of drug-likeness (QED) is 0.856. The minimum Gasteiger partial charge on any atom is -0.331 e. The molecule has 1 N–H and O–H groups in total. The van der Waals surface area contributed by atoms with Gasteiger partial charge in [0.05, 0.1) is 0 Å². The minimum absolute atomic E-state index is 0.163. The van der Waals surface area contributed by atoms with E-state index in [0.29, 0.717) is 12.1 Å². The van der Waals surface area contributed by atoms with Crippen LogP contribution in [0.3, 0.4) is 0 Å². The maximum absolute atomic E-state index is 12.7. The second-order valence-electron chi connectivity index (χ2n) is 5.55. The van der Waals surface area contributed by atoms with Crippen LogP contribution >= 0.6 is 11.6 Å². The third-order valence-corrected chi connectivity index (χ3v) is 4.72. The van der Waals surface area contributed by atoms with Crippen LogP contribution in [0.25, 0.3) is 0 Å². The van der Waals surface area contributed by atoms with Crippen molar-refractivity contribution in [1.82, 2.24) is 10.2 Å². The zero-order valence-corrected chi connectivity index (χ0v) is 11.9. The van der Waals surface area contributed by atoms with Crippen LogP contribution in [0, 0.1) is 6.92 Å². The first-order chi connectivity index (χ1) is 9.16. The Labute approximate surface area is 118 Å². The molecule has 3 nitrogen and oxygen atoms in total. The van der Waals surface area contributed by atoms with Crippen molar-refractivity contribution < 1.29 is 4.79 Å². The van der Waals surface area contributed by atoms with Gasteiger partial charge in [0.15, 0.2) is 0 Å². The van der Waals surface area contributed by atoms with Gasteiger partial charge in [0.25, 0.3) is 5.91 Å². The molecule has 0 aromatic heterocycles. The van der Waals surface area contributed by atoms with E-state index in [0.717, 1.165) is 48.5 Å². The first-order valence-electron chi connectivity index (χ1n) is 6.96. The van der Waals surface area contributed by atoms with E-state index in [1.54, 1.807) is 0 Å². The Morgan fingerprint density at radius 3 is 2.89 bits per heavy atom. The molecule has 0 saturated carbocycles. The summed E-state index contributed by atoms with van der Waals surface area (Å²) in [5.74, 6) is 0.163. The zero-order valence-electron chi connectivity index (χ0n) is 11.2. The van der Waals surface area contributed by atoms with Crippen molar-refractivity contribution in [2.24, 2.45) is 0 Å². The summed E-state index contributed by atoms with van der Waals surface area (Å²) in [7, 11) is 0. The van der Waals surface area contributed by atoms with Gasteiger partial charge in [-0.3, -0.25) is 4.79 Å². The molecule has 2 atom stereocenters. The third-order valence-electron chi connectivity index (χ3n) is 4.29. The molecular formula is C15H19ClN2O. The van der Waals surface area contributed by atoms with Gasteiger partial charge in [0.1, 0.15) is 0 Å². The van der Waals surface area contributed by atoms with E-state index in [-0.39, 0.29) is 5.91 Å². The highest BCUT2D eigenvalue weighted by Gasteiger charge is 2.38. The zero-order chi connectivity index (χ0) is 13.4. The van der Waals surface area contributed by atoms with Crippen LogP contribution in [0.5, 0.6) is 0 Å². The molecule has 102 valence electrons. The summed E-state index contributed by atoms with van der Waals surface area (Å²) in [5, 5.41) is 4.14. The fraction of sp³-hybridized carbons (Fsp3) is 0.533. The molecular weight excluding hydrogens is 260 g/mol. The van der Waals surface area contributed by atoms with Crippen LogP contribution < -0.4 is 5.32 Å². The summed E-state index contributed by atoms with van der Waals surface area (Å²) < 4.78 is 0. The Hall–Kier alpha value is -1.06. The molecule has 2 bridgehead atoms.